The van der Waals surface area contributed by atoms with Crippen LogP contribution in [0.3, 0.4) is 0 Å². The molecule has 2 rings (SSSR count). The van der Waals surface area contributed by atoms with Crippen molar-refractivity contribution in [3.05, 3.63) is 17.0 Å². The molecule has 1 aromatic heterocycles. The fourth-order valence-electron chi connectivity index (χ4n) is 3.36. The minimum Gasteiger partial charge on any atom is -0.306 e. The Hall–Kier alpha value is -0.830. The largest absolute Gasteiger partial charge is 0.306 e. The first kappa shape index (κ1) is 13.6. The van der Waals surface area contributed by atoms with Crippen LogP contribution in [0, 0.1) is 24.7 Å². The normalized spacial score (nSPS) is 23.1. The van der Waals surface area contributed by atoms with E-state index in [1.807, 2.05) is 11.7 Å². The smallest absolute Gasteiger partial charge is 0.0644 e. The van der Waals surface area contributed by atoms with E-state index in [1.165, 1.54) is 11.3 Å². The van der Waals surface area contributed by atoms with Crippen LogP contribution in [0.4, 0.5) is 0 Å². The summed E-state index contributed by atoms with van der Waals surface area (Å²) in [6, 6.07) is 0.948. The summed E-state index contributed by atoms with van der Waals surface area (Å²) in [7, 11) is 2.02. The van der Waals surface area contributed by atoms with Gasteiger partial charge in [0.25, 0.3) is 0 Å². The highest BCUT2D eigenvalue weighted by molar-refractivity contribution is 5.29. The Morgan fingerprint density at radius 3 is 2.00 bits per heavy atom. The molecule has 3 heteroatoms. The van der Waals surface area contributed by atoms with E-state index in [9.17, 15) is 0 Å². The molecule has 1 aliphatic carbocycles. The lowest BCUT2D eigenvalue weighted by atomic mass is 10.0. The molecule has 1 fully saturated rings. The Morgan fingerprint density at radius 2 is 1.67 bits per heavy atom. The zero-order valence-corrected chi connectivity index (χ0v) is 13.0. The van der Waals surface area contributed by atoms with E-state index >= 15 is 0 Å². The Labute approximate surface area is 111 Å². The molecule has 1 aromatic rings. The van der Waals surface area contributed by atoms with Crippen molar-refractivity contribution in [2.75, 3.05) is 0 Å². The molecule has 18 heavy (non-hydrogen) atoms. The summed E-state index contributed by atoms with van der Waals surface area (Å²) in [5.41, 5.74) is 4.53. The summed E-state index contributed by atoms with van der Waals surface area (Å²) >= 11 is 0. The zero-order chi connectivity index (χ0) is 13.9. The van der Waals surface area contributed by atoms with Crippen LogP contribution in [0.15, 0.2) is 0 Å². The fraction of sp³-hybridized carbons (Fsp3) is 0.800. The van der Waals surface area contributed by atoms with E-state index in [2.05, 4.69) is 58.9 Å². The quantitative estimate of drug-likeness (QED) is 0.892. The predicted octanol–water partition coefficient (Wildman–Crippen LogP) is 3.12. The third kappa shape index (κ3) is 1.71. The van der Waals surface area contributed by atoms with Crippen molar-refractivity contribution in [1.29, 1.82) is 0 Å². The van der Waals surface area contributed by atoms with Gasteiger partial charge in [-0.2, -0.15) is 5.10 Å². The zero-order valence-electron chi connectivity index (χ0n) is 13.0. The fourth-order valence-corrected chi connectivity index (χ4v) is 3.36. The molecule has 1 N–H and O–H groups in total. The molecule has 1 aliphatic rings. The second-order valence-electron chi connectivity index (χ2n) is 6.97. The van der Waals surface area contributed by atoms with Crippen LogP contribution >= 0.6 is 0 Å². The average Bonchev–Trinajstić information content (AvgIpc) is 2.50. The van der Waals surface area contributed by atoms with Gasteiger partial charge in [0.1, 0.15) is 0 Å². The number of rotatable bonds is 3. The van der Waals surface area contributed by atoms with Gasteiger partial charge >= 0.3 is 0 Å². The summed E-state index contributed by atoms with van der Waals surface area (Å²) in [6.45, 7) is 15.9. The monoisotopic (exact) mass is 249 g/mol. The molecule has 0 aromatic carbocycles. The van der Waals surface area contributed by atoms with Gasteiger partial charge in [-0.25, -0.2) is 0 Å². The first-order valence-electron chi connectivity index (χ1n) is 6.87. The number of hydrogen-bond donors (Lipinski definition) is 1. The minimum atomic E-state index is 0.366. The highest BCUT2D eigenvalue weighted by Crippen LogP contribution is 2.63. The molecule has 0 aliphatic heterocycles. The van der Waals surface area contributed by atoms with Gasteiger partial charge in [0.2, 0.25) is 0 Å². The van der Waals surface area contributed by atoms with Crippen LogP contribution in [0.25, 0.3) is 0 Å². The molecule has 102 valence electrons. The second kappa shape index (κ2) is 3.83. The lowest BCUT2D eigenvalue weighted by Gasteiger charge is -2.16. The summed E-state index contributed by atoms with van der Waals surface area (Å²) in [5, 5.41) is 8.30. The standard InChI is InChI=1S/C15H27N3/c1-9(12-10(2)17-18(8)11(12)3)16-13-14(4,5)15(13,6)7/h9,13,16H,1-8H3. The second-order valence-corrected chi connectivity index (χ2v) is 6.97. The summed E-state index contributed by atoms with van der Waals surface area (Å²) in [5.74, 6) is 0. The van der Waals surface area contributed by atoms with Crippen LogP contribution in [-0.4, -0.2) is 15.8 Å². The third-order valence-corrected chi connectivity index (χ3v) is 5.44. The Balaban J connectivity index is 2.17. The van der Waals surface area contributed by atoms with E-state index in [0.29, 0.717) is 22.9 Å². The van der Waals surface area contributed by atoms with Crippen LogP contribution in [0.1, 0.15) is 57.6 Å². The van der Waals surface area contributed by atoms with Gasteiger partial charge in [-0.05, 0) is 31.6 Å². The predicted molar refractivity (Wildman–Crippen MR) is 75.6 cm³/mol. The molecule has 3 nitrogen and oxygen atoms in total. The van der Waals surface area contributed by atoms with E-state index in [1.54, 1.807) is 0 Å². The van der Waals surface area contributed by atoms with Gasteiger partial charge in [-0.1, -0.05) is 27.7 Å². The molecule has 0 amide bonds. The van der Waals surface area contributed by atoms with E-state index in [0.717, 1.165) is 5.69 Å². The number of nitrogens with zero attached hydrogens (tertiary/aromatic N) is 2. The molecule has 0 radical (unpaired) electrons. The van der Waals surface area contributed by atoms with Crippen LogP contribution in [-0.2, 0) is 7.05 Å². The van der Waals surface area contributed by atoms with E-state index in [4.69, 9.17) is 0 Å². The maximum Gasteiger partial charge on any atom is 0.0644 e. The van der Waals surface area contributed by atoms with Gasteiger partial charge in [0, 0.05) is 30.4 Å². The summed E-state index contributed by atoms with van der Waals surface area (Å²) in [6.07, 6.45) is 0. The van der Waals surface area contributed by atoms with Crippen molar-refractivity contribution in [2.24, 2.45) is 17.9 Å². The molecule has 0 saturated heterocycles. The van der Waals surface area contributed by atoms with Gasteiger partial charge in [0.15, 0.2) is 0 Å². The number of nitrogens with one attached hydrogen (secondary N) is 1. The average molecular weight is 249 g/mol. The lowest BCUT2D eigenvalue weighted by molar-refractivity contribution is 0.457. The van der Waals surface area contributed by atoms with E-state index < -0.39 is 0 Å². The summed E-state index contributed by atoms with van der Waals surface area (Å²) < 4.78 is 1.98. The Kier molecular flexibility index (Phi) is 2.89. The first-order valence-corrected chi connectivity index (χ1v) is 6.87. The van der Waals surface area contributed by atoms with Crippen molar-refractivity contribution in [1.82, 2.24) is 15.1 Å². The van der Waals surface area contributed by atoms with Crippen molar-refractivity contribution in [2.45, 2.75) is 60.5 Å². The van der Waals surface area contributed by atoms with Crippen LogP contribution in [0.2, 0.25) is 0 Å². The van der Waals surface area contributed by atoms with Crippen molar-refractivity contribution < 1.29 is 0 Å². The van der Waals surface area contributed by atoms with Crippen molar-refractivity contribution in [3.8, 4) is 0 Å². The SMILES string of the molecule is Cc1nn(C)c(C)c1C(C)NC1C(C)(C)C1(C)C. The molecular weight excluding hydrogens is 222 g/mol. The topological polar surface area (TPSA) is 29.9 Å². The maximum atomic E-state index is 4.51. The molecule has 0 spiro atoms. The maximum absolute atomic E-state index is 4.51. The highest BCUT2D eigenvalue weighted by Gasteiger charge is 2.64. The van der Waals surface area contributed by atoms with Gasteiger partial charge in [-0.15, -0.1) is 0 Å². The van der Waals surface area contributed by atoms with E-state index in [-0.39, 0.29) is 0 Å². The molecule has 1 heterocycles. The Morgan fingerprint density at radius 1 is 1.17 bits per heavy atom. The molecule has 1 saturated carbocycles. The molecule has 1 atom stereocenters. The number of aromatic nitrogens is 2. The molecular formula is C15H27N3. The third-order valence-electron chi connectivity index (χ3n) is 5.44. The number of hydrogen-bond acceptors (Lipinski definition) is 2. The van der Waals surface area contributed by atoms with Crippen molar-refractivity contribution in [3.63, 3.8) is 0 Å². The van der Waals surface area contributed by atoms with Crippen molar-refractivity contribution >= 4 is 0 Å². The molecule has 0 bridgehead atoms. The highest BCUT2D eigenvalue weighted by atomic mass is 15.3. The van der Waals surface area contributed by atoms with Crippen LogP contribution < -0.4 is 5.32 Å². The van der Waals surface area contributed by atoms with Gasteiger partial charge in [-0.3, -0.25) is 4.68 Å². The summed E-state index contributed by atoms with van der Waals surface area (Å²) in [4.78, 5) is 0. The van der Waals surface area contributed by atoms with Crippen LogP contribution in [0.5, 0.6) is 0 Å². The van der Waals surface area contributed by atoms with Gasteiger partial charge < -0.3 is 5.32 Å². The lowest BCUT2D eigenvalue weighted by Crippen LogP contribution is -2.26. The minimum absolute atomic E-state index is 0.366. The Bertz CT molecular complexity index is 454. The first-order chi connectivity index (χ1) is 8.10. The molecule has 1 unspecified atom stereocenters. The number of aryl methyl sites for hydroxylation is 2. The van der Waals surface area contributed by atoms with Gasteiger partial charge in [0.05, 0.1) is 5.69 Å².